The molecule has 1 aromatic rings. The van der Waals surface area contributed by atoms with Gasteiger partial charge in [-0.05, 0) is 56.8 Å². The van der Waals surface area contributed by atoms with Gasteiger partial charge >= 0.3 is 0 Å². The number of hydrogen-bond acceptors (Lipinski definition) is 4. The summed E-state index contributed by atoms with van der Waals surface area (Å²) >= 11 is 0. The second kappa shape index (κ2) is 12.3. The quantitative estimate of drug-likeness (QED) is 0.427. The Morgan fingerprint density at radius 2 is 1.83 bits per heavy atom. The van der Waals surface area contributed by atoms with Crippen LogP contribution in [0.3, 0.4) is 0 Å². The molecule has 1 aromatic carbocycles. The van der Waals surface area contributed by atoms with E-state index in [4.69, 9.17) is 9.73 Å². The van der Waals surface area contributed by atoms with Gasteiger partial charge in [-0.3, -0.25) is 4.90 Å². The third kappa shape index (κ3) is 7.25. The summed E-state index contributed by atoms with van der Waals surface area (Å²) in [6.45, 7) is 9.53. The summed E-state index contributed by atoms with van der Waals surface area (Å²) in [7, 11) is 0. The lowest BCUT2D eigenvalue weighted by Crippen LogP contribution is -2.44. The Kier molecular flexibility index (Phi) is 9.43. The highest BCUT2D eigenvalue weighted by atomic mass is 16.5. The van der Waals surface area contributed by atoms with Crippen LogP contribution in [0.15, 0.2) is 29.3 Å². The molecule has 0 bridgehead atoms. The minimum absolute atomic E-state index is 0.0138. The minimum Gasteiger partial charge on any atom is -0.396 e. The van der Waals surface area contributed by atoms with Crippen LogP contribution in [0, 0.1) is 5.41 Å². The van der Waals surface area contributed by atoms with Gasteiger partial charge in [0.15, 0.2) is 5.96 Å². The summed E-state index contributed by atoms with van der Waals surface area (Å²) in [5.74, 6) is 0.829. The van der Waals surface area contributed by atoms with Crippen LogP contribution in [0.1, 0.15) is 56.6 Å². The first kappa shape index (κ1) is 23.0. The SMILES string of the molecule is CCNC(=NCc1ccc(CN2CCCCCC2)cc1)NCC1(CCO)CCOC1. The lowest BCUT2D eigenvalue weighted by molar-refractivity contribution is 0.127. The fourth-order valence-corrected chi connectivity index (χ4v) is 4.40. The molecule has 0 spiro atoms. The van der Waals surface area contributed by atoms with Crippen molar-refractivity contribution in [1.29, 1.82) is 0 Å². The van der Waals surface area contributed by atoms with Crippen molar-refractivity contribution < 1.29 is 9.84 Å². The van der Waals surface area contributed by atoms with E-state index in [1.54, 1.807) is 0 Å². The normalized spacial score (nSPS) is 23.3. The van der Waals surface area contributed by atoms with E-state index in [0.717, 1.165) is 45.0 Å². The molecule has 3 N–H and O–H groups in total. The highest BCUT2D eigenvalue weighted by molar-refractivity contribution is 5.79. The minimum atomic E-state index is 0.0138. The predicted octanol–water partition coefficient (Wildman–Crippen LogP) is 2.91. The van der Waals surface area contributed by atoms with Gasteiger partial charge in [-0.25, -0.2) is 4.99 Å². The summed E-state index contributed by atoms with van der Waals surface area (Å²) in [6, 6.07) is 8.92. The first-order valence-corrected chi connectivity index (χ1v) is 11.7. The molecule has 0 aliphatic carbocycles. The van der Waals surface area contributed by atoms with Crippen LogP contribution in [0.2, 0.25) is 0 Å². The Hall–Kier alpha value is -1.63. The van der Waals surface area contributed by atoms with E-state index >= 15 is 0 Å². The maximum atomic E-state index is 9.42. The van der Waals surface area contributed by atoms with E-state index in [1.807, 2.05) is 0 Å². The predicted molar refractivity (Wildman–Crippen MR) is 123 cm³/mol. The lowest BCUT2D eigenvalue weighted by atomic mass is 9.84. The number of aliphatic imine (C=N–C) groups is 1. The summed E-state index contributed by atoms with van der Waals surface area (Å²) in [5, 5.41) is 16.2. The molecular weight excluding hydrogens is 376 g/mol. The fraction of sp³-hybridized carbons (Fsp3) is 0.708. The van der Waals surface area contributed by atoms with Crippen LogP contribution >= 0.6 is 0 Å². The van der Waals surface area contributed by atoms with E-state index in [2.05, 4.69) is 46.7 Å². The van der Waals surface area contributed by atoms with E-state index in [0.29, 0.717) is 13.2 Å². The van der Waals surface area contributed by atoms with Gasteiger partial charge < -0.3 is 20.5 Å². The first-order chi connectivity index (χ1) is 14.7. The van der Waals surface area contributed by atoms with Crippen molar-refractivity contribution in [2.24, 2.45) is 10.4 Å². The van der Waals surface area contributed by atoms with E-state index in [-0.39, 0.29) is 12.0 Å². The maximum Gasteiger partial charge on any atom is 0.191 e. The van der Waals surface area contributed by atoms with Crippen molar-refractivity contribution in [2.75, 3.05) is 46.0 Å². The van der Waals surface area contributed by atoms with E-state index in [9.17, 15) is 5.11 Å². The Morgan fingerprint density at radius 1 is 1.10 bits per heavy atom. The molecule has 0 amide bonds. The lowest BCUT2D eigenvalue weighted by Gasteiger charge is -2.27. The molecule has 2 fully saturated rings. The molecule has 6 heteroatoms. The van der Waals surface area contributed by atoms with Gasteiger partial charge in [0, 0.05) is 38.3 Å². The molecule has 1 atom stereocenters. The number of rotatable bonds is 9. The first-order valence-electron chi connectivity index (χ1n) is 11.7. The second-order valence-corrected chi connectivity index (χ2v) is 8.83. The number of benzene rings is 1. The molecule has 2 aliphatic heterocycles. The molecule has 3 rings (SSSR count). The molecule has 0 saturated carbocycles. The van der Waals surface area contributed by atoms with E-state index in [1.165, 1.54) is 49.9 Å². The molecular formula is C24H40N4O2. The largest absolute Gasteiger partial charge is 0.396 e. The van der Waals surface area contributed by atoms with Crippen LogP contribution in [0.4, 0.5) is 0 Å². The van der Waals surface area contributed by atoms with Crippen molar-refractivity contribution in [3.63, 3.8) is 0 Å². The van der Waals surface area contributed by atoms with Crippen LogP contribution < -0.4 is 10.6 Å². The summed E-state index contributed by atoms with van der Waals surface area (Å²) in [6.07, 6.45) is 7.17. The average molecular weight is 417 g/mol. The van der Waals surface area contributed by atoms with Gasteiger partial charge in [0.25, 0.3) is 0 Å². The van der Waals surface area contributed by atoms with Crippen LogP contribution in [-0.2, 0) is 17.8 Å². The number of nitrogens with zero attached hydrogens (tertiary/aromatic N) is 2. The van der Waals surface area contributed by atoms with Crippen molar-refractivity contribution in [3.05, 3.63) is 35.4 Å². The zero-order chi connectivity index (χ0) is 21.1. The van der Waals surface area contributed by atoms with Crippen molar-refractivity contribution >= 4 is 5.96 Å². The van der Waals surface area contributed by atoms with Crippen molar-refractivity contribution in [2.45, 2.75) is 58.5 Å². The van der Waals surface area contributed by atoms with Crippen molar-refractivity contribution in [1.82, 2.24) is 15.5 Å². The highest BCUT2D eigenvalue weighted by Crippen LogP contribution is 2.31. The molecule has 2 saturated heterocycles. The zero-order valence-electron chi connectivity index (χ0n) is 18.7. The van der Waals surface area contributed by atoms with Gasteiger partial charge in [0.1, 0.15) is 0 Å². The number of aliphatic hydroxyl groups excluding tert-OH is 1. The second-order valence-electron chi connectivity index (χ2n) is 8.83. The Bertz CT molecular complexity index is 633. The van der Waals surface area contributed by atoms with E-state index < -0.39 is 0 Å². The Morgan fingerprint density at radius 3 is 2.47 bits per heavy atom. The van der Waals surface area contributed by atoms with Crippen molar-refractivity contribution in [3.8, 4) is 0 Å². The topological polar surface area (TPSA) is 69.1 Å². The number of ether oxygens (including phenoxy) is 1. The monoisotopic (exact) mass is 416 g/mol. The molecule has 2 aliphatic rings. The van der Waals surface area contributed by atoms with Gasteiger partial charge in [0.05, 0.1) is 13.2 Å². The van der Waals surface area contributed by atoms with Gasteiger partial charge in [-0.1, -0.05) is 37.1 Å². The summed E-state index contributed by atoms with van der Waals surface area (Å²) in [4.78, 5) is 7.36. The molecule has 30 heavy (non-hydrogen) atoms. The molecule has 0 radical (unpaired) electrons. The smallest absolute Gasteiger partial charge is 0.191 e. The van der Waals surface area contributed by atoms with Crippen LogP contribution in [-0.4, -0.2) is 62.0 Å². The Balaban J connectivity index is 1.52. The van der Waals surface area contributed by atoms with Crippen LogP contribution in [0.5, 0.6) is 0 Å². The number of guanidine groups is 1. The molecule has 1 unspecified atom stereocenters. The van der Waals surface area contributed by atoms with Gasteiger partial charge in [0.2, 0.25) is 0 Å². The molecule has 0 aromatic heterocycles. The summed E-state index contributed by atoms with van der Waals surface area (Å²) < 4.78 is 5.59. The van der Waals surface area contributed by atoms with Gasteiger partial charge in [-0.2, -0.15) is 0 Å². The zero-order valence-corrected chi connectivity index (χ0v) is 18.7. The number of likely N-dealkylation sites (tertiary alicyclic amines) is 1. The third-order valence-corrected chi connectivity index (χ3v) is 6.35. The number of aliphatic hydroxyl groups is 1. The summed E-state index contributed by atoms with van der Waals surface area (Å²) in [5.41, 5.74) is 2.63. The molecule has 6 nitrogen and oxygen atoms in total. The maximum absolute atomic E-state index is 9.42. The standard InChI is InChI=1S/C24H40N4O2/c1-2-25-23(27-19-24(11-15-29)12-16-30-20-24)26-17-21-7-9-22(10-8-21)18-28-13-5-3-4-6-14-28/h7-10,29H,2-6,11-20H2,1H3,(H2,25,26,27). The fourth-order valence-electron chi connectivity index (χ4n) is 4.40. The third-order valence-electron chi connectivity index (χ3n) is 6.35. The highest BCUT2D eigenvalue weighted by Gasteiger charge is 2.34. The van der Waals surface area contributed by atoms with Crippen LogP contribution in [0.25, 0.3) is 0 Å². The number of nitrogens with one attached hydrogen (secondary N) is 2. The Labute approximate surface area is 182 Å². The number of hydrogen-bond donors (Lipinski definition) is 3. The van der Waals surface area contributed by atoms with Gasteiger partial charge in [-0.15, -0.1) is 0 Å². The molecule has 168 valence electrons. The average Bonchev–Trinajstić information content (AvgIpc) is 3.07. The molecule has 2 heterocycles.